The average Bonchev–Trinajstić information content (AvgIpc) is 3.35. The van der Waals surface area contributed by atoms with E-state index in [-0.39, 0.29) is 34.3 Å². The van der Waals surface area contributed by atoms with Gasteiger partial charge in [0, 0.05) is 43.1 Å². The van der Waals surface area contributed by atoms with Crippen molar-refractivity contribution in [3.8, 4) is 0 Å². The summed E-state index contributed by atoms with van der Waals surface area (Å²) in [6, 6.07) is 2.67. The maximum Gasteiger partial charge on any atom is 0.226 e. The minimum Gasteiger partial charge on any atom is -0.379 e. The van der Waals surface area contributed by atoms with Gasteiger partial charge in [0.2, 0.25) is 5.91 Å². The second kappa shape index (κ2) is 7.68. The second-order valence-electron chi connectivity index (χ2n) is 7.31. The molecule has 2 aromatic rings. The van der Waals surface area contributed by atoms with Crippen molar-refractivity contribution in [3.63, 3.8) is 0 Å². The van der Waals surface area contributed by atoms with Gasteiger partial charge in [-0.15, -0.1) is 0 Å². The van der Waals surface area contributed by atoms with E-state index in [2.05, 4.69) is 21.2 Å². The molecule has 2 atom stereocenters. The van der Waals surface area contributed by atoms with Gasteiger partial charge >= 0.3 is 0 Å². The lowest BCUT2D eigenvalue weighted by Gasteiger charge is -2.14. The number of hydrogen-bond acceptors (Lipinski definition) is 3. The Morgan fingerprint density at radius 1 is 1.43 bits per heavy atom. The number of imidazole rings is 1. The molecule has 1 aromatic carbocycles. The predicted molar refractivity (Wildman–Crippen MR) is 106 cm³/mol. The molecule has 3 heterocycles. The SMILES string of the molecule is Cn1c(CC(=O)N[C@@H]2CCOC2)c2n(c1=S)C[C@H](c1c(F)ccc(Br)c1F)C2. The van der Waals surface area contributed by atoms with Gasteiger partial charge in [-0.2, -0.15) is 0 Å². The van der Waals surface area contributed by atoms with Gasteiger partial charge in [-0.1, -0.05) is 0 Å². The van der Waals surface area contributed by atoms with Gasteiger partial charge in [-0.25, -0.2) is 8.78 Å². The molecule has 1 aromatic heterocycles. The summed E-state index contributed by atoms with van der Waals surface area (Å²) < 4.78 is 38.7. The van der Waals surface area contributed by atoms with E-state index in [0.29, 0.717) is 31.0 Å². The molecule has 0 spiro atoms. The Kier molecular flexibility index (Phi) is 5.41. The van der Waals surface area contributed by atoms with E-state index < -0.39 is 11.6 Å². The van der Waals surface area contributed by atoms with Crippen molar-refractivity contribution in [1.82, 2.24) is 14.5 Å². The standard InChI is InChI=1S/C19H20BrF2N3O2S/c1-24-14(7-16(26)23-11-4-5-27-9-11)15-6-10(8-25(15)19(24)28)17-13(21)3-2-12(20)18(17)22/h2-3,10-11H,4-9H2,1H3,(H,23,26)/t10-,11-/m1/s1. The van der Waals surface area contributed by atoms with Crippen LogP contribution >= 0.6 is 28.1 Å². The summed E-state index contributed by atoms with van der Waals surface area (Å²) in [5.74, 6) is -1.60. The van der Waals surface area contributed by atoms with E-state index in [0.717, 1.165) is 17.8 Å². The van der Waals surface area contributed by atoms with Crippen molar-refractivity contribution in [3.05, 3.63) is 50.0 Å². The van der Waals surface area contributed by atoms with Crippen LogP contribution in [0.3, 0.4) is 0 Å². The molecule has 0 bridgehead atoms. The fourth-order valence-electron chi connectivity index (χ4n) is 4.11. The van der Waals surface area contributed by atoms with Crippen LogP contribution in [0.1, 0.15) is 29.3 Å². The minimum atomic E-state index is -0.577. The van der Waals surface area contributed by atoms with Crippen LogP contribution in [0.2, 0.25) is 0 Å². The highest BCUT2D eigenvalue weighted by molar-refractivity contribution is 9.10. The van der Waals surface area contributed by atoms with Gasteiger partial charge in [0.25, 0.3) is 0 Å². The molecule has 28 heavy (non-hydrogen) atoms. The van der Waals surface area contributed by atoms with Gasteiger partial charge in [0.1, 0.15) is 11.6 Å². The molecule has 9 heteroatoms. The molecular formula is C19H20BrF2N3O2S. The molecule has 150 valence electrons. The van der Waals surface area contributed by atoms with Crippen LogP contribution in [-0.4, -0.2) is 34.3 Å². The summed E-state index contributed by atoms with van der Waals surface area (Å²) in [4.78, 5) is 12.5. The molecular weight excluding hydrogens is 452 g/mol. The molecule has 0 radical (unpaired) electrons. The average molecular weight is 472 g/mol. The Hall–Kier alpha value is -1.58. The normalized spacial score (nSPS) is 21.1. The van der Waals surface area contributed by atoms with Crippen LogP contribution in [0.4, 0.5) is 8.78 Å². The van der Waals surface area contributed by atoms with Gasteiger partial charge in [0.15, 0.2) is 4.77 Å². The van der Waals surface area contributed by atoms with Crippen molar-refractivity contribution < 1.29 is 18.3 Å². The van der Waals surface area contributed by atoms with Crippen molar-refractivity contribution in [2.24, 2.45) is 7.05 Å². The Labute approximate surface area is 174 Å². The first-order valence-corrected chi connectivity index (χ1v) is 10.3. The van der Waals surface area contributed by atoms with Gasteiger partial charge < -0.3 is 19.2 Å². The molecule has 1 amide bonds. The summed E-state index contributed by atoms with van der Waals surface area (Å²) in [6.45, 7) is 1.58. The zero-order chi connectivity index (χ0) is 20.0. The maximum absolute atomic E-state index is 14.6. The molecule has 1 fully saturated rings. The number of carbonyl (C=O) groups excluding carboxylic acids is 1. The van der Waals surface area contributed by atoms with Crippen LogP contribution in [0.15, 0.2) is 16.6 Å². The van der Waals surface area contributed by atoms with E-state index in [1.54, 1.807) is 0 Å². The summed E-state index contributed by atoms with van der Waals surface area (Å²) in [6.07, 6.45) is 1.42. The molecule has 2 aliphatic heterocycles. The lowest BCUT2D eigenvalue weighted by Crippen LogP contribution is -2.36. The van der Waals surface area contributed by atoms with Gasteiger partial charge in [-0.05, 0) is 53.1 Å². The number of carbonyl (C=O) groups is 1. The largest absolute Gasteiger partial charge is 0.379 e. The summed E-state index contributed by atoms with van der Waals surface area (Å²) >= 11 is 8.64. The highest BCUT2D eigenvalue weighted by atomic mass is 79.9. The van der Waals surface area contributed by atoms with Crippen molar-refractivity contribution >= 4 is 34.1 Å². The van der Waals surface area contributed by atoms with Crippen LogP contribution < -0.4 is 5.32 Å². The number of aromatic nitrogens is 2. The smallest absolute Gasteiger partial charge is 0.226 e. The number of rotatable bonds is 4. The highest BCUT2D eigenvalue weighted by Crippen LogP contribution is 2.37. The fraction of sp³-hybridized carbons (Fsp3) is 0.474. The Bertz CT molecular complexity index is 998. The third-order valence-electron chi connectivity index (χ3n) is 5.53. The van der Waals surface area contributed by atoms with Crippen LogP contribution in [-0.2, 0) is 36.0 Å². The zero-order valence-corrected chi connectivity index (χ0v) is 17.7. The first-order valence-electron chi connectivity index (χ1n) is 9.14. The molecule has 1 N–H and O–H groups in total. The van der Waals surface area contributed by atoms with Crippen LogP contribution in [0.5, 0.6) is 0 Å². The van der Waals surface area contributed by atoms with Crippen molar-refractivity contribution in [2.75, 3.05) is 13.2 Å². The first-order chi connectivity index (χ1) is 13.4. The molecule has 2 aliphatic rings. The number of halogens is 3. The fourth-order valence-corrected chi connectivity index (χ4v) is 4.75. The lowest BCUT2D eigenvalue weighted by atomic mass is 9.95. The zero-order valence-electron chi connectivity index (χ0n) is 15.3. The molecule has 5 nitrogen and oxygen atoms in total. The topological polar surface area (TPSA) is 48.2 Å². The molecule has 0 aliphatic carbocycles. The van der Waals surface area contributed by atoms with E-state index in [1.165, 1.54) is 12.1 Å². The number of hydrogen-bond donors (Lipinski definition) is 1. The predicted octanol–water partition coefficient (Wildman–Crippen LogP) is 3.38. The Balaban J connectivity index is 1.60. The third kappa shape index (κ3) is 3.44. The second-order valence-corrected chi connectivity index (χ2v) is 8.53. The number of fused-ring (bicyclic) bond motifs is 1. The maximum atomic E-state index is 14.6. The van der Waals surface area contributed by atoms with Gasteiger partial charge in [-0.3, -0.25) is 4.79 Å². The quantitative estimate of drug-likeness (QED) is 0.549. The number of nitrogens with zero attached hydrogens (tertiary/aromatic N) is 2. The highest BCUT2D eigenvalue weighted by Gasteiger charge is 2.33. The van der Waals surface area contributed by atoms with Crippen molar-refractivity contribution in [1.29, 1.82) is 0 Å². The minimum absolute atomic E-state index is 0.0362. The molecule has 0 saturated carbocycles. The Morgan fingerprint density at radius 2 is 2.21 bits per heavy atom. The van der Waals surface area contributed by atoms with E-state index in [4.69, 9.17) is 17.0 Å². The van der Waals surface area contributed by atoms with E-state index >= 15 is 0 Å². The van der Waals surface area contributed by atoms with E-state index in [9.17, 15) is 13.6 Å². The molecule has 0 unspecified atom stereocenters. The number of ether oxygens (including phenoxy) is 1. The lowest BCUT2D eigenvalue weighted by molar-refractivity contribution is -0.121. The first kappa shape index (κ1) is 19.7. The van der Waals surface area contributed by atoms with E-state index in [1.807, 2.05) is 16.2 Å². The summed E-state index contributed by atoms with van der Waals surface area (Å²) in [7, 11) is 1.82. The molecule has 1 saturated heterocycles. The number of benzene rings is 1. The van der Waals surface area contributed by atoms with Crippen LogP contribution in [0.25, 0.3) is 0 Å². The Morgan fingerprint density at radius 3 is 2.93 bits per heavy atom. The van der Waals surface area contributed by atoms with Crippen LogP contribution in [0, 0.1) is 16.4 Å². The summed E-state index contributed by atoms with van der Waals surface area (Å²) in [5.41, 5.74) is 1.72. The monoisotopic (exact) mass is 471 g/mol. The van der Waals surface area contributed by atoms with Gasteiger partial charge in [0.05, 0.1) is 23.5 Å². The number of amides is 1. The molecule has 4 rings (SSSR count). The third-order valence-corrected chi connectivity index (χ3v) is 6.64. The van der Waals surface area contributed by atoms with Crippen molar-refractivity contribution in [2.45, 2.75) is 37.8 Å². The summed E-state index contributed by atoms with van der Waals surface area (Å²) in [5, 5.41) is 2.98. The number of nitrogens with one attached hydrogen (secondary N) is 1.